The van der Waals surface area contributed by atoms with E-state index in [1.807, 2.05) is 14.0 Å². The standard InChI is InChI=1S/C18H25N3O2/c1-12(2)10-13(3)20(5)17(22)15-6-8-16(9-7-15)21-14(4)11-19-18(21)23/h6-9,11-13H,10H2,1-5H3,(H,19,23)/t13-/m0/s1. The topological polar surface area (TPSA) is 58.1 Å². The molecule has 1 heterocycles. The Morgan fingerprint density at radius 3 is 2.30 bits per heavy atom. The highest BCUT2D eigenvalue weighted by Crippen LogP contribution is 2.15. The highest BCUT2D eigenvalue weighted by Gasteiger charge is 2.18. The van der Waals surface area contributed by atoms with Crippen LogP contribution in [0.25, 0.3) is 5.69 Å². The number of nitrogens with zero attached hydrogens (tertiary/aromatic N) is 2. The monoisotopic (exact) mass is 315 g/mol. The molecule has 23 heavy (non-hydrogen) atoms. The molecule has 5 nitrogen and oxygen atoms in total. The zero-order chi connectivity index (χ0) is 17.1. The maximum absolute atomic E-state index is 12.6. The Labute approximate surface area is 136 Å². The number of benzene rings is 1. The second-order valence-electron chi connectivity index (χ2n) is 6.51. The Kier molecular flexibility index (Phi) is 5.08. The van der Waals surface area contributed by atoms with Gasteiger partial charge in [-0.1, -0.05) is 13.8 Å². The lowest BCUT2D eigenvalue weighted by atomic mass is 10.0. The molecule has 2 rings (SSSR count). The van der Waals surface area contributed by atoms with Crippen molar-refractivity contribution in [3.05, 3.63) is 52.2 Å². The Morgan fingerprint density at radius 2 is 1.83 bits per heavy atom. The first-order chi connectivity index (χ1) is 10.8. The molecule has 0 unspecified atom stereocenters. The number of nitrogens with one attached hydrogen (secondary N) is 1. The van der Waals surface area contributed by atoms with Crippen LogP contribution in [-0.2, 0) is 0 Å². The van der Waals surface area contributed by atoms with Crippen LogP contribution in [0.3, 0.4) is 0 Å². The van der Waals surface area contributed by atoms with E-state index in [0.29, 0.717) is 11.5 Å². The molecule has 0 saturated heterocycles. The van der Waals surface area contributed by atoms with Gasteiger partial charge in [0.1, 0.15) is 0 Å². The Bertz CT molecular complexity index is 725. The summed E-state index contributed by atoms with van der Waals surface area (Å²) >= 11 is 0. The summed E-state index contributed by atoms with van der Waals surface area (Å²) in [6.07, 6.45) is 2.64. The van der Waals surface area contributed by atoms with E-state index in [0.717, 1.165) is 17.8 Å². The third-order valence-corrected chi connectivity index (χ3v) is 4.13. The number of hydrogen-bond donors (Lipinski definition) is 1. The molecular formula is C18H25N3O2. The lowest BCUT2D eigenvalue weighted by molar-refractivity contribution is 0.0728. The summed E-state index contributed by atoms with van der Waals surface area (Å²) in [7, 11) is 1.84. The average molecular weight is 315 g/mol. The minimum atomic E-state index is -0.177. The van der Waals surface area contributed by atoms with Gasteiger partial charge in [0.25, 0.3) is 5.91 Å². The lowest BCUT2D eigenvalue weighted by Crippen LogP contribution is -2.35. The van der Waals surface area contributed by atoms with Crippen molar-refractivity contribution in [3.8, 4) is 5.69 Å². The van der Waals surface area contributed by atoms with E-state index >= 15 is 0 Å². The van der Waals surface area contributed by atoms with E-state index in [1.165, 1.54) is 0 Å². The largest absolute Gasteiger partial charge is 0.339 e. The third kappa shape index (κ3) is 3.73. The third-order valence-electron chi connectivity index (χ3n) is 4.13. The maximum atomic E-state index is 12.6. The minimum absolute atomic E-state index is 0.00263. The van der Waals surface area contributed by atoms with E-state index in [-0.39, 0.29) is 17.6 Å². The van der Waals surface area contributed by atoms with Gasteiger partial charge in [0, 0.05) is 30.5 Å². The van der Waals surface area contributed by atoms with Crippen molar-refractivity contribution in [1.29, 1.82) is 0 Å². The van der Waals surface area contributed by atoms with Crippen molar-refractivity contribution in [3.63, 3.8) is 0 Å². The molecule has 2 aromatic rings. The zero-order valence-corrected chi connectivity index (χ0v) is 14.5. The fourth-order valence-electron chi connectivity index (χ4n) is 2.77. The maximum Gasteiger partial charge on any atom is 0.330 e. The molecule has 0 fully saturated rings. The van der Waals surface area contributed by atoms with Crippen LogP contribution in [0.2, 0.25) is 0 Å². The number of amides is 1. The second-order valence-corrected chi connectivity index (χ2v) is 6.51. The summed E-state index contributed by atoms with van der Waals surface area (Å²) in [6.45, 7) is 8.23. The van der Waals surface area contributed by atoms with E-state index in [9.17, 15) is 9.59 Å². The SMILES string of the molecule is Cc1c[nH]c(=O)n1-c1ccc(C(=O)N(C)[C@@H](C)CC(C)C)cc1. The van der Waals surface area contributed by atoms with Crippen LogP contribution in [-0.4, -0.2) is 33.4 Å². The number of aromatic nitrogens is 2. The van der Waals surface area contributed by atoms with Crippen LogP contribution in [0.1, 0.15) is 43.2 Å². The molecule has 124 valence electrons. The van der Waals surface area contributed by atoms with Gasteiger partial charge in [0.05, 0.1) is 5.69 Å². The lowest BCUT2D eigenvalue weighted by Gasteiger charge is -2.26. The molecule has 0 saturated carbocycles. The van der Waals surface area contributed by atoms with E-state index in [2.05, 4.69) is 25.8 Å². The van der Waals surface area contributed by atoms with E-state index in [1.54, 1.807) is 39.9 Å². The van der Waals surface area contributed by atoms with Crippen molar-refractivity contribution >= 4 is 5.91 Å². The number of aromatic amines is 1. The molecule has 1 amide bonds. The van der Waals surface area contributed by atoms with Gasteiger partial charge < -0.3 is 9.88 Å². The second kappa shape index (κ2) is 6.86. The van der Waals surface area contributed by atoms with Crippen LogP contribution in [0, 0.1) is 12.8 Å². The molecule has 0 bridgehead atoms. The summed E-state index contributed by atoms with van der Waals surface area (Å²) in [5, 5.41) is 0. The summed E-state index contributed by atoms with van der Waals surface area (Å²) < 4.78 is 1.58. The molecule has 0 aliphatic rings. The first kappa shape index (κ1) is 17.1. The Hall–Kier alpha value is -2.30. The fourth-order valence-corrected chi connectivity index (χ4v) is 2.77. The van der Waals surface area contributed by atoms with Crippen molar-refractivity contribution < 1.29 is 4.79 Å². The van der Waals surface area contributed by atoms with Gasteiger partial charge in [-0.05, 0) is 50.5 Å². The molecule has 1 aromatic heterocycles. The van der Waals surface area contributed by atoms with Crippen molar-refractivity contribution in [1.82, 2.24) is 14.5 Å². The predicted octanol–water partition coefficient (Wildman–Crippen LogP) is 2.98. The van der Waals surface area contributed by atoms with Gasteiger partial charge in [0.2, 0.25) is 0 Å². The molecule has 0 aliphatic heterocycles. The van der Waals surface area contributed by atoms with E-state index < -0.39 is 0 Å². The Balaban J connectivity index is 2.19. The quantitative estimate of drug-likeness (QED) is 0.922. The predicted molar refractivity (Wildman–Crippen MR) is 92.1 cm³/mol. The molecule has 1 N–H and O–H groups in total. The van der Waals surface area contributed by atoms with Gasteiger partial charge in [-0.3, -0.25) is 9.36 Å². The molecule has 0 aliphatic carbocycles. The van der Waals surface area contributed by atoms with Crippen molar-refractivity contribution in [2.45, 2.75) is 40.2 Å². The van der Waals surface area contributed by atoms with Crippen molar-refractivity contribution in [2.24, 2.45) is 5.92 Å². The number of carbonyl (C=O) groups excluding carboxylic acids is 1. The highest BCUT2D eigenvalue weighted by molar-refractivity contribution is 5.94. The zero-order valence-electron chi connectivity index (χ0n) is 14.5. The van der Waals surface area contributed by atoms with Gasteiger partial charge in [-0.25, -0.2) is 4.79 Å². The molecule has 5 heteroatoms. The Morgan fingerprint density at radius 1 is 1.22 bits per heavy atom. The van der Waals surface area contributed by atoms with Crippen LogP contribution in [0.4, 0.5) is 0 Å². The minimum Gasteiger partial charge on any atom is -0.339 e. The van der Waals surface area contributed by atoms with Gasteiger partial charge in [-0.2, -0.15) is 0 Å². The fraction of sp³-hybridized carbons (Fsp3) is 0.444. The average Bonchev–Trinajstić information content (AvgIpc) is 2.84. The van der Waals surface area contributed by atoms with Crippen molar-refractivity contribution in [2.75, 3.05) is 7.05 Å². The molecule has 0 spiro atoms. The molecule has 0 radical (unpaired) electrons. The first-order valence-electron chi connectivity index (χ1n) is 7.96. The summed E-state index contributed by atoms with van der Waals surface area (Å²) in [5.41, 5.74) is 2.04. The smallest absolute Gasteiger partial charge is 0.330 e. The number of hydrogen-bond acceptors (Lipinski definition) is 2. The summed E-state index contributed by atoms with van der Waals surface area (Å²) in [5.74, 6) is 0.550. The van der Waals surface area contributed by atoms with Crippen LogP contribution in [0.15, 0.2) is 35.3 Å². The number of aryl methyl sites for hydroxylation is 1. The van der Waals surface area contributed by atoms with E-state index in [4.69, 9.17) is 0 Å². The van der Waals surface area contributed by atoms with Crippen LogP contribution >= 0.6 is 0 Å². The van der Waals surface area contributed by atoms with Gasteiger partial charge in [0.15, 0.2) is 0 Å². The number of carbonyl (C=O) groups is 1. The summed E-state index contributed by atoms with van der Waals surface area (Å²) in [4.78, 5) is 28.8. The van der Waals surface area contributed by atoms with Crippen LogP contribution < -0.4 is 5.69 Å². The van der Waals surface area contributed by atoms with Crippen LogP contribution in [0.5, 0.6) is 0 Å². The first-order valence-corrected chi connectivity index (χ1v) is 7.96. The number of rotatable bonds is 5. The molecule has 1 atom stereocenters. The summed E-state index contributed by atoms with van der Waals surface area (Å²) in [6, 6.07) is 7.34. The van der Waals surface area contributed by atoms with Gasteiger partial charge >= 0.3 is 5.69 Å². The highest BCUT2D eigenvalue weighted by atomic mass is 16.2. The molecule has 1 aromatic carbocycles. The van der Waals surface area contributed by atoms with Gasteiger partial charge in [-0.15, -0.1) is 0 Å². The normalized spacial score (nSPS) is 12.4. The number of H-pyrrole nitrogens is 1. The number of imidazole rings is 1. The molecular weight excluding hydrogens is 290 g/mol.